The van der Waals surface area contributed by atoms with Crippen LogP contribution in [0.15, 0.2) is 18.2 Å². The second-order valence-electron chi connectivity index (χ2n) is 4.70. The average Bonchev–Trinajstić information content (AvgIpc) is 2.43. The molecule has 1 atom stereocenters. The molecular weight excluding hydrogens is 240 g/mol. The number of rotatable bonds is 6. The SMILES string of the molecule is CCC(C)CN(CC)c1ccc(C(=O)O)cc1C#N. The van der Waals surface area contributed by atoms with Gasteiger partial charge in [0.05, 0.1) is 16.8 Å². The minimum Gasteiger partial charge on any atom is -0.478 e. The smallest absolute Gasteiger partial charge is 0.335 e. The molecule has 4 heteroatoms. The molecule has 1 rings (SSSR count). The molecule has 1 unspecified atom stereocenters. The number of benzene rings is 1. The van der Waals surface area contributed by atoms with E-state index in [9.17, 15) is 10.1 Å². The van der Waals surface area contributed by atoms with Gasteiger partial charge in [-0.2, -0.15) is 5.26 Å². The van der Waals surface area contributed by atoms with Crippen molar-refractivity contribution in [3.05, 3.63) is 29.3 Å². The van der Waals surface area contributed by atoms with Crippen LogP contribution < -0.4 is 4.90 Å². The van der Waals surface area contributed by atoms with E-state index in [2.05, 4.69) is 24.8 Å². The van der Waals surface area contributed by atoms with Gasteiger partial charge in [-0.05, 0) is 31.0 Å². The number of anilines is 1. The zero-order valence-corrected chi connectivity index (χ0v) is 11.7. The molecule has 0 spiro atoms. The quantitative estimate of drug-likeness (QED) is 0.853. The van der Waals surface area contributed by atoms with Gasteiger partial charge in [0.25, 0.3) is 0 Å². The number of hydrogen-bond donors (Lipinski definition) is 1. The van der Waals surface area contributed by atoms with E-state index >= 15 is 0 Å². The molecule has 0 aliphatic heterocycles. The van der Waals surface area contributed by atoms with E-state index in [4.69, 9.17) is 5.11 Å². The number of carbonyl (C=O) groups is 1. The summed E-state index contributed by atoms with van der Waals surface area (Å²) in [5, 5.41) is 18.1. The Bertz CT molecular complexity index is 491. The number of aromatic carboxylic acids is 1. The molecule has 0 aliphatic carbocycles. The van der Waals surface area contributed by atoms with Crippen molar-refractivity contribution in [1.29, 1.82) is 5.26 Å². The van der Waals surface area contributed by atoms with Gasteiger partial charge in [-0.15, -0.1) is 0 Å². The fourth-order valence-corrected chi connectivity index (χ4v) is 1.94. The first-order valence-electron chi connectivity index (χ1n) is 6.55. The summed E-state index contributed by atoms with van der Waals surface area (Å²) < 4.78 is 0. The molecule has 1 N–H and O–H groups in total. The fraction of sp³-hybridized carbons (Fsp3) is 0.467. The van der Waals surface area contributed by atoms with E-state index in [1.54, 1.807) is 12.1 Å². The van der Waals surface area contributed by atoms with Crippen LogP contribution in [0.2, 0.25) is 0 Å². The van der Waals surface area contributed by atoms with E-state index in [-0.39, 0.29) is 5.56 Å². The first-order chi connectivity index (χ1) is 9.03. The second kappa shape index (κ2) is 6.79. The van der Waals surface area contributed by atoms with Crippen molar-refractivity contribution in [3.63, 3.8) is 0 Å². The Morgan fingerprint density at radius 3 is 2.63 bits per heavy atom. The highest BCUT2D eigenvalue weighted by Crippen LogP contribution is 2.23. The molecule has 0 aromatic heterocycles. The summed E-state index contributed by atoms with van der Waals surface area (Å²) in [6, 6.07) is 6.82. The average molecular weight is 260 g/mol. The molecule has 4 nitrogen and oxygen atoms in total. The minimum absolute atomic E-state index is 0.153. The molecule has 0 heterocycles. The third-order valence-corrected chi connectivity index (χ3v) is 3.32. The zero-order valence-electron chi connectivity index (χ0n) is 11.7. The molecule has 1 aromatic carbocycles. The third kappa shape index (κ3) is 3.72. The molecule has 19 heavy (non-hydrogen) atoms. The molecule has 0 fully saturated rings. The molecular formula is C15H20N2O2. The van der Waals surface area contributed by atoms with Gasteiger partial charge in [-0.25, -0.2) is 4.79 Å². The second-order valence-corrected chi connectivity index (χ2v) is 4.70. The van der Waals surface area contributed by atoms with Gasteiger partial charge >= 0.3 is 5.97 Å². The summed E-state index contributed by atoms with van der Waals surface area (Å²) in [6.45, 7) is 8.01. The molecule has 1 aromatic rings. The number of hydrogen-bond acceptors (Lipinski definition) is 3. The highest BCUT2D eigenvalue weighted by molar-refractivity contribution is 5.89. The summed E-state index contributed by atoms with van der Waals surface area (Å²) >= 11 is 0. The van der Waals surface area contributed by atoms with Crippen molar-refractivity contribution < 1.29 is 9.90 Å². The summed E-state index contributed by atoms with van der Waals surface area (Å²) in [5.74, 6) is -0.473. The van der Waals surface area contributed by atoms with Crippen molar-refractivity contribution in [2.45, 2.75) is 27.2 Å². The molecule has 102 valence electrons. The Morgan fingerprint density at radius 1 is 1.47 bits per heavy atom. The van der Waals surface area contributed by atoms with E-state index < -0.39 is 5.97 Å². The van der Waals surface area contributed by atoms with E-state index in [0.29, 0.717) is 11.5 Å². The Morgan fingerprint density at radius 2 is 2.16 bits per heavy atom. The lowest BCUT2D eigenvalue weighted by atomic mass is 10.1. The zero-order chi connectivity index (χ0) is 14.4. The van der Waals surface area contributed by atoms with Crippen molar-refractivity contribution in [3.8, 4) is 6.07 Å². The predicted octanol–water partition coefficient (Wildman–Crippen LogP) is 3.13. The minimum atomic E-state index is -1.01. The van der Waals surface area contributed by atoms with Crippen LogP contribution in [0.3, 0.4) is 0 Å². The Hall–Kier alpha value is -2.02. The number of carboxylic acid groups (broad SMARTS) is 1. The van der Waals surface area contributed by atoms with Crippen molar-refractivity contribution >= 4 is 11.7 Å². The summed E-state index contributed by atoms with van der Waals surface area (Å²) in [7, 11) is 0. The van der Waals surface area contributed by atoms with Crippen LogP contribution in [-0.4, -0.2) is 24.2 Å². The van der Waals surface area contributed by atoms with Gasteiger partial charge < -0.3 is 10.0 Å². The molecule has 0 aliphatic rings. The van der Waals surface area contributed by atoms with Gasteiger partial charge in [-0.3, -0.25) is 0 Å². The lowest BCUT2D eigenvalue weighted by Crippen LogP contribution is -2.28. The first-order valence-corrected chi connectivity index (χ1v) is 6.55. The van der Waals surface area contributed by atoms with Gasteiger partial charge in [0.2, 0.25) is 0 Å². The van der Waals surface area contributed by atoms with Crippen LogP contribution in [0.5, 0.6) is 0 Å². The maximum atomic E-state index is 10.9. The lowest BCUT2D eigenvalue weighted by molar-refractivity contribution is 0.0697. The maximum absolute atomic E-state index is 10.9. The molecule has 0 radical (unpaired) electrons. The monoisotopic (exact) mass is 260 g/mol. The molecule has 0 saturated heterocycles. The first kappa shape index (κ1) is 15.0. The van der Waals surface area contributed by atoms with Crippen molar-refractivity contribution in [1.82, 2.24) is 0 Å². The van der Waals surface area contributed by atoms with Crippen LogP contribution in [0, 0.1) is 17.2 Å². The van der Waals surface area contributed by atoms with Crippen molar-refractivity contribution in [2.24, 2.45) is 5.92 Å². The largest absolute Gasteiger partial charge is 0.478 e. The molecule has 0 amide bonds. The number of nitriles is 1. The van der Waals surface area contributed by atoms with Gasteiger partial charge in [0.1, 0.15) is 6.07 Å². The standard InChI is InChI=1S/C15H20N2O2/c1-4-11(3)10-17(5-2)14-7-6-12(15(18)19)8-13(14)9-16/h6-8,11H,4-5,10H2,1-3H3,(H,18,19). The molecule has 0 saturated carbocycles. The summed E-state index contributed by atoms with van der Waals surface area (Å²) in [5.41, 5.74) is 1.39. The fourth-order valence-electron chi connectivity index (χ4n) is 1.94. The van der Waals surface area contributed by atoms with Crippen LogP contribution in [0.4, 0.5) is 5.69 Å². The summed E-state index contributed by atoms with van der Waals surface area (Å²) in [4.78, 5) is 13.0. The van der Waals surface area contributed by atoms with Crippen LogP contribution in [0.1, 0.15) is 43.1 Å². The van der Waals surface area contributed by atoms with Gasteiger partial charge in [-0.1, -0.05) is 20.3 Å². The van der Waals surface area contributed by atoms with Gasteiger partial charge in [0, 0.05) is 13.1 Å². The van der Waals surface area contributed by atoms with Crippen molar-refractivity contribution in [2.75, 3.05) is 18.0 Å². The topological polar surface area (TPSA) is 64.3 Å². The Labute approximate surface area is 114 Å². The molecule has 0 bridgehead atoms. The van der Waals surface area contributed by atoms with Crippen LogP contribution >= 0.6 is 0 Å². The van der Waals surface area contributed by atoms with Crippen LogP contribution in [0.25, 0.3) is 0 Å². The normalized spacial score (nSPS) is 11.7. The van der Waals surface area contributed by atoms with E-state index in [1.807, 2.05) is 6.92 Å². The summed E-state index contributed by atoms with van der Waals surface area (Å²) in [6.07, 6.45) is 1.07. The Kier molecular flexibility index (Phi) is 5.37. The van der Waals surface area contributed by atoms with E-state index in [1.165, 1.54) is 6.07 Å². The van der Waals surface area contributed by atoms with Crippen LogP contribution in [-0.2, 0) is 0 Å². The number of carboxylic acids is 1. The maximum Gasteiger partial charge on any atom is 0.335 e. The number of nitrogens with zero attached hydrogens (tertiary/aromatic N) is 2. The third-order valence-electron chi connectivity index (χ3n) is 3.32. The lowest BCUT2D eigenvalue weighted by Gasteiger charge is -2.27. The highest BCUT2D eigenvalue weighted by atomic mass is 16.4. The highest BCUT2D eigenvalue weighted by Gasteiger charge is 2.14. The van der Waals surface area contributed by atoms with Gasteiger partial charge in [0.15, 0.2) is 0 Å². The Balaban J connectivity index is 3.10. The predicted molar refractivity (Wildman–Crippen MR) is 75.5 cm³/mol. The van der Waals surface area contributed by atoms with E-state index in [0.717, 1.165) is 25.2 Å².